The van der Waals surface area contributed by atoms with Gasteiger partial charge in [0.2, 0.25) is 0 Å². The van der Waals surface area contributed by atoms with E-state index in [-0.39, 0.29) is 10.8 Å². The van der Waals surface area contributed by atoms with E-state index in [0.29, 0.717) is 0 Å². The fourth-order valence-corrected chi connectivity index (χ4v) is 2.99. The number of rotatable bonds is 6. The molecule has 0 aliphatic carbocycles. The second-order valence-corrected chi connectivity index (χ2v) is 7.69. The zero-order valence-corrected chi connectivity index (χ0v) is 15.5. The molecule has 2 rings (SSSR count). The largest absolute Gasteiger partial charge is 0.355 e. The van der Waals surface area contributed by atoms with Crippen molar-refractivity contribution in [2.75, 3.05) is 5.32 Å². The van der Waals surface area contributed by atoms with Gasteiger partial charge in [-0.2, -0.15) is 0 Å². The summed E-state index contributed by atoms with van der Waals surface area (Å²) in [6.07, 6.45) is 2.25. The van der Waals surface area contributed by atoms with Crippen LogP contribution >= 0.6 is 0 Å². The van der Waals surface area contributed by atoms with Crippen LogP contribution in [0.5, 0.6) is 0 Å². The minimum atomic E-state index is 0.139. The van der Waals surface area contributed by atoms with Gasteiger partial charge >= 0.3 is 0 Å². The summed E-state index contributed by atoms with van der Waals surface area (Å²) in [6, 6.07) is 17.2. The highest BCUT2D eigenvalue weighted by molar-refractivity contribution is 5.67. The number of hydrogen-bond donors (Lipinski definition) is 1. The van der Waals surface area contributed by atoms with Crippen molar-refractivity contribution in [2.24, 2.45) is 0 Å². The Morgan fingerprint density at radius 3 is 1.91 bits per heavy atom. The van der Waals surface area contributed by atoms with Crippen LogP contribution in [-0.4, -0.2) is 0 Å². The van der Waals surface area contributed by atoms with Crippen LogP contribution in [-0.2, 0) is 10.8 Å². The maximum absolute atomic E-state index is 3.65. The van der Waals surface area contributed by atoms with Gasteiger partial charge < -0.3 is 5.32 Å². The maximum Gasteiger partial charge on any atom is 0.0425 e. The van der Waals surface area contributed by atoms with Gasteiger partial charge in [0.15, 0.2) is 0 Å². The molecule has 0 saturated heterocycles. The Morgan fingerprint density at radius 2 is 1.35 bits per heavy atom. The van der Waals surface area contributed by atoms with Crippen LogP contribution in [0.4, 0.5) is 11.4 Å². The minimum absolute atomic E-state index is 0.139. The lowest BCUT2D eigenvalue weighted by Gasteiger charge is -2.35. The molecule has 1 heteroatoms. The molecular formula is C22H31N. The molecule has 1 nitrogen and oxygen atoms in total. The van der Waals surface area contributed by atoms with E-state index in [1.165, 1.54) is 16.8 Å². The number of benzene rings is 2. The molecule has 0 heterocycles. The van der Waals surface area contributed by atoms with Gasteiger partial charge in [-0.05, 0) is 53.0 Å². The normalized spacial score (nSPS) is 12.3. The van der Waals surface area contributed by atoms with Crippen molar-refractivity contribution in [3.63, 3.8) is 0 Å². The van der Waals surface area contributed by atoms with Gasteiger partial charge in [0.05, 0.1) is 0 Å². The van der Waals surface area contributed by atoms with Crippen LogP contribution in [0.1, 0.15) is 65.5 Å². The summed E-state index contributed by atoms with van der Waals surface area (Å²) in [4.78, 5) is 0. The van der Waals surface area contributed by atoms with E-state index < -0.39 is 0 Å². The molecule has 0 fully saturated rings. The predicted octanol–water partition coefficient (Wildman–Crippen LogP) is 6.81. The van der Waals surface area contributed by atoms with Crippen molar-refractivity contribution in [1.29, 1.82) is 0 Å². The third-order valence-electron chi connectivity index (χ3n) is 5.29. The van der Waals surface area contributed by atoms with E-state index in [0.717, 1.165) is 18.5 Å². The fraction of sp³-hybridized carbons (Fsp3) is 0.455. The summed E-state index contributed by atoms with van der Waals surface area (Å²) in [5, 5.41) is 3.65. The average Bonchev–Trinajstić information content (AvgIpc) is 2.55. The van der Waals surface area contributed by atoms with E-state index in [9.17, 15) is 0 Å². The standard InChI is InChI=1S/C22H31N/c1-7-21(3,4)18-15-12-16-19(20(18)22(5,6)8-2)23-17-13-10-9-11-14-17/h9-16,23H,7-8H2,1-6H3. The van der Waals surface area contributed by atoms with Gasteiger partial charge in [-0.25, -0.2) is 0 Å². The van der Waals surface area contributed by atoms with E-state index in [4.69, 9.17) is 0 Å². The van der Waals surface area contributed by atoms with E-state index in [2.05, 4.69) is 95.4 Å². The zero-order valence-electron chi connectivity index (χ0n) is 15.5. The third-order valence-corrected chi connectivity index (χ3v) is 5.29. The molecule has 0 saturated carbocycles. The van der Waals surface area contributed by atoms with Gasteiger partial charge in [-0.15, -0.1) is 0 Å². The molecule has 0 aliphatic heterocycles. The Kier molecular flexibility index (Phi) is 5.19. The molecule has 0 bridgehead atoms. The molecule has 1 N–H and O–H groups in total. The zero-order chi connectivity index (χ0) is 17.1. The van der Waals surface area contributed by atoms with Crippen molar-refractivity contribution in [2.45, 2.75) is 65.2 Å². The molecule has 2 aromatic carbocycles. The molecule has 0 aromatic heterocycles. The highest BCUT2D eigenvalue weighted by Gasteiger charge is 2.31. The van der Waals surface area contributed by atoms with Crippen molar-refractivity contribution in [1.82, 2.24) is 0 Å². The molecule has 0 amide bonds. The summed E-state index contributed by atoms with van der Waals surface area (Å²) < 4.78 is 0. The number of hydrogen-bond acceptors (Lipinski definition) is 1. The molecule has 124 valence electrons. The Morgan fingerprint density at radius 1 is 0.739 bits per heavy atom. The minimum Gasteiger partial charge on any atom is -0.355 e. The van der Waals surface area contributed by atoms with Crippen LogP contribution in [0.2, 0.25) is 0 Å². The summed E-state index contributed by atoms with van der Waals surface area (Å²) >= 11 is 0. The van der Waals surface area contributed by atoms with E-state index in [1.54, 1.807) is 0 Å². The molecular weight excluding hydrogens is 278 g/mol. The van der Waals surface area contributed by atoms with Gasteiger partial charge in [0.25, 0.3) is 0 Å². The van der Waals surface area contributed by atoms with Gasteiger partial charge in [-0.1, -0.05) is 71.9 Å². The number of para-hydroxylation sites is 1. The van der Waals surface area contributed by atoms with Gasteiger partial charge in [0.1, 0.15) is 0 Å². The smallest absolute Gasteiger partial charge is 0.0425 e. The molecule has 0 unspecified atom stereocenters. The molecule has 0 radical (unpaired) electrons. The first-order valence-electron chi connectivity index (χ1n) is 8.78. The van der Waals surface area contributed by atoms with Crippen molar-refractivity contribution in [3.8, 4) is 0 Å². The van der Waals surface area contributed by atoms with Crippen LogP contribution in [0.25, 0.3) is 0 Å². The Hall–Kier alpha value is -1.76. The summed E-state index contributed by atoms with van der Waals surface area (Å²) in [6.45, 7) is 14.0. The van der Waals surface area contributed by atoms with Crippen molar-refractivity contribution >= 4 is 11.4 Å². The summed E-state index contributed by atoms with van der Waals surface area (Å²) in [5.41, 5.74) is 5.62. The third kappa shape index (κ3) is 3.77. The van der Waals surface area contributed by atoms with E-state index in [1.807, 2.05) is 0 Å². The lowest BCUT2D eigenvalue weighted by atomic mass is 9.70. The predicted molar refractivity (Wildman–Crippen MR) is 103 cm³/mol. The quantitative estimate of drug-likeness (QED) is 0.618. The molecule has 0 aliphatic rings. The SMILES string of the molecule is CCC(C)(C)c1cccc(Nc2ccccc2)c1C(C)(C)CC. The first-order valence-corrected chi connectivity index (χ1v) is 8.78. The highest BCUT2D eigenvalue weighted by Crippen LogP contribution is 2.42. The van der Waals surface area contributed by atoms with Crippen LogP contribution in [0, 0.1) is 0 Å². The Balaban J connectivity index is 2.60. The van der Waals surface area contributed by atoms with Gasteiger partial charge in [0, 0.05) is 11.4 Å². The summed E-state index contributed by atoms with van der Waals surface area (Å²) in [5.74, 6) is 0. The molecule has 23 heavy (non-hydrogen) atoms. The first kappa shape index (κ1) is 17.6. The maximum atomic E-state index is 3.65. The van der Waals surface area contributed by atoms with Gasteiger partial charge in [-0.3, -0.25) is 0 Å². The Bertz CT molecular complexity index is 638. The second-order valence-electron chi connectivity index (χ2n) is 7.69. The average molecular weight is 309 g/mol. The van der Waals surface area contributed by atoms with Crippen LogP contribution in [0.3, 0.4) is 0 Å². The topological polar surface area (TPSA) is 12.0 Å². The Labute approximate surface area is 142 Å². The molecule has 0 atom stereocenters. The second kappa shape index (κ2) is 6.78. The van der Waals surface area contributed by atoms with Crippen LogP contribution in [0.15, 0.2) is 48.5 Å². The molecule has 0 spiro atoms. The van der Waals surface area contributed by atoms with Crippen LogP contribution < -0.4 is 5.32 Å². The number of nitrogens with one attached hydrogen (secondary N) is 1. The number of anilines is 2. The summed E-state index contributed by atoms with van der Waals surface area (Å²) in [7, 11) is 0. The lowest BCUT2D eigenvalue weighted by Crippen LogP contribution is -2.26. The van der Waals surface area contributed by atoms with E-state index >= 15 is 0 Å². The first-order chi connectivity index (χ1) is 10.8. The lowest BCUT2D eigenvalue weighted by molar-refractivity contribution is 0.457. The fourth-order valence-electron chi connectivity index (χ4n) is 2.99. The highest BCUT2D eigenvalue weighted by atomic mass is 14.9. The van der Waals surface area contributed by atoms with Crippen molar-refractivity contribution < 1.29 is 0 Å². The van der Waals surface area contributed by atoms with Crippen molar-refractivity contribution in [3.05, 3.63) is 59.7 Å². The molecule has 2 aromatic rings. The monoisotopic (exact) mass is 309 g/mol.